The second-order valence-corrected chi connectivity index (χ2v) is 3.01. The smallest absolute Gasteiger partial charge is 0.274 e. The topological polar surface area (TPSA) is 68.2 Å². The molecule has 0 aliphatic rings. The lowest BCUT2D eigenvalue weighted by Crippen LogP contribution is -1.99. The van der Waals surface area contributed by atoms with Gasteiger partial charge in [-0.15, -0.1) is 10.2 Å². The van der Waals surface area contributed by atoms with Crippen molar-refractivity contribution in [1.82, 2.24) is 10.2 Å². The van der Waals surface area contributed by atoms with Crippen molar-refractivity contribution in [3.05, 3.63) is 4.85 Å². The fourth-order valence-corrected chi connectivity index (χ4v) is 1.18. The molecular formula is C6H10N5S+. The van der Waals surface area contributed by atoms with Crippen LogP contribution in [0.1, 0.15) is 6.42 Å². The van der Waals surface area contributed by atoms with Gasteiger partial charge in [0.05, 0.1) is 6.42 Å². The van der Waals surface area contributed by atoms with Crippen LogP contribution < -0.4 is 11.1 Å². The zero-order chi connectivity index (χ0) is 8.81. The number of anilines is 2. The van der Waals surface area contributed by atoms with E-state index in [-0.39, 0.29) is 0 Å². The van der Waals surface area contributed by atoms with Crippen LogP contribution in [0, 0.1) is 6.07 Å². The summed E-state index contributed by atoms with van der Waals surface area (Å²) in [7, 11) is 1.70. The van der Waals surface area contributed by atoms with Crippen molar-refractivity contribution in [3.63, 3.8) is 0 Å². The molecule has 0 aliphatic heterocycles. The van der Waals surface area contributed by atoms with E-state index in [9.17, 15) is 0 Å². The molecule has 0 amide bonds. The molecule has 0 aliphatic carbocycles. The molecule has 3 N–H and O–H groups in total. The summed E-state index contributed by atoms with van der Waals surface area (Å²) in [6, 6.07) is 2.81. The van der Waals surface area contributed by atoms with Gasteiger partial charge in [-0.3, -0.25) is 0 Å². The summed E-state index contributed by atoms with van der Waals surface area (Å²) in [5.41, 5.74) is 5.38. The third-order valence-corrected chi connectivity index (χ3v) is 1.82. The van der Waals surface area contributed by atoms with Crippen LogP contribution in [-0.4, -0.2) is 23.8 Å². The van der Waals surface area contributed by atoms with Gasteiger partial charge in [-0.2, -0.15) is 0 Å². The van der Waals surface area contributed by atoms with Crippen molar-refractivity contribution < 1.29 is 0 Å². The summed E-state index contributed by atoms with van der Waals surface area (Å²) in [5, 5.41) is 11.7. The highest BCUT2D eigenvalue weighted by Crippen LogP contribution is 2.15. The number of aromatic nitrogens is 2. The van der Waals surface area contributed by atoms with E-state index in [1.165, 1.54) is 11.3 Å². The summed E-state index contributed by atoms with van der Waals surface area (Å²) in [6.07, 6.45) is 0.760. The number of hydrogen-bond donors (Lipinski definition) is 2. The minimum Gasteiger partial charge on any atom is -0.374 e. The van der Waals surface area contributed by atoms with Gasteiger partial charge in [0.25, 0.3) is 13.1 Å². The average molecular weight is 184 g/mol. The van der Waals surface area contributed by atoms with Gasteiger partial charge in [0.15, 0.2) is 0 Å². The molecule has 1 rings (SSSR count). The Morgan fingerprint density at radius 2 is 2.50 bits per heavy atom. The van der Waals surface area contributed by atoms with Crippen LogP contribution in [-0.2, 0) is 0 Å². The minimum absolute atomic E-state index is 0.477. The number of nitrogen functional groups attached to an aromatic ring is 1. The maximum Gasteiger partial charge on any atom is 0.274 e. The fourth-order valence-electron chi connectivity index (χ4n) is 0.643. The second-order valence-electron chi connectivity index (χ2n) is 2.00. The lowest BCUT2D eigenvalue weighted by Gasteiger charge is -1.92. The highest BCUT2D eigenvalue weighted by Gasteiger charge is 1.98. The Labute approximate surface area is 74.4 Å². The zero-order valence-corrected chi connectivity index (χ0v) is 7.56. The summed E-state index contributed by atoms with van der Waals surface area (Å²) in [5.74, 6) is 0. The Morgan fingerprint density at radius 3 is 3.08 bits per heavy atom. The van der Waals surface area contributed by atoms with E-state index in [2.05, 4.69) is 26.4 Å². The summed E-state index contributed by atoms with van der Waals surface area (Å²) >= 11 is 1.33. The average Bonchev–Trinajstić information content (AvgIpc) is 2.45. The van der Waals surface area contributed by atoms with Gasteiger partial charge in [-0.05, 0) is 0 Å². The van der Waals surface area contributed by atoms with Crippen molar-refractivity contribution in [1.29, 1.82) is 0 Å². The van der Waals surface area contributed by atoms with E-state index in [0.717, 1.165) is 18.1 Å². The first-order valence-electron chi connectivity index (χ1n) is 3.47. The van der Waals surface area contributed by atoms with Gasteiger partial charge >= 0.3 is 0 Å². The molecule has 0 radical (unpaired) electrons. The second kappa shape index (κ2) is 4.51. The maximum absolute atomic E-state index is 5.38. The molecule has 12 heavy (non-hydrogen) atoms. The van der Waals surface area contributed by atoms with E-state index in [1.54, 1.807) is 7.05 Å². The Hall–Kier alpha value is -1.35. The monoisotopic (exact) mass is 184 g/mol. The summed E-state index contributed by atoms with van der Waals surface area (Å²) in [6.45, 7) is 0.756. The van der Waals surface area contributed by atoms with Crippen molar-refractivity contribution >= 4 is 21.6 Å². The number of nitrogens with zero attached hydrogens (tertiary/aromatic N) is 3. The van der Waals surface area contributed by atoms with Crippen LogP contribution in [0.4, 0.5) is 10.3 Å². The molecule has 0 fully saturated rings. The Morgan fingerprint density at radius 1 is 1.67 bits per heavy atom. The van der Waals surface area contributed by atoms with E-state index in [0.29, 0.717) is 5.13 Å². The van der Waals surface area contributed by atoms with E-state index in [4.69, 9.17) is 5.73 Å². The summed E-state index contributed by atoms with van der Waals surface area (Å²) < 4.78 is 0. The van der Waals surface area contributed by atoms with Crippen molar-refractivity contribution in [3.8, 4) is 6.07 Å². The Kier molecular flexibility index (Phi) is 3.29. The molecule has 5 nitrogen and oxygen atoms in total. The molecule has 0 atom stereocenters. The quantitative estimate of drug-likeness (QED) is 0.684. The van der Waals surface area contributed by atoms with Crippen LogP contribution in [0.2, 0.25) is 0 Å². The number of nitrogens with two attached hydrogens (primary N) is 1. The molecule has 0 saturated heterocycles. The first-order valence-corrected chi connectivity index (χ1v) is 4.29. The standard InChI is InChI=1S/C6H10N5S/c1-8-3-2-4-9-6-11-10-5(7)12-6/h2,4H2,1H3,(H2,7,10)(H,9,11)/q+1. The minimum atomic E-state index is 0.477. The van der Waals surface area contributed by atoms with E-state index >= 15 is 0 Å². The predicted octanol–water partition coefficient (Wildman–Crippen LogP) is 0.885. The van der Waals surface area contributed by atoms with Crippen molar-refractivity contribution in [2.24, 2.45) is 0 Å². The SMILES string of the molecule is C[N+]#CCCNc1nnc(N)s1. The molecule has 6 heteroatoms. The maximum atomic E-state index is 5.38. The predicted molar refractivity (Wildman–Crippen MR) is 50.6 cm³/mol. The van der Waals surface area contributed by atoms with Crippen molar-refractivity contribution in [2.45, 2.75) is 6.42 Å². The lowest BCUT2D eigenvalue weighted by atomic mass is 10.5. The van der Waals surface area contributed by atoms with Gasteiger partial charge < -0.3 is 11.1 Å². The fraction of sp³-hybridized carbons (Fsp3) is 0.500. The first kappa shape index (κ1) is 8.74. The molecule has 0 spiro atoms. The van der Waals surface area contributed by atoms with E-state index in [1.807, 2.05) is 0 Å². The Bertz CT molecular complexity index is 296. The highest BCUT2D eigenvalue weighted by molar-refractivity contribution is 7.18. The van der Waals surface area contributed by atoms with Gasteiger partial charge in [0.1, 0.15) is 0 Å². The molecule has 0 bridgehead atoms. The van der Waals surface area contributed by atoms with Crippen LogP contribution in [0.25, 0.3) is 4.85 Å². The zero-order valence-electron chi connectivity index (χ0n) is 6.74. The molecule has 0 unspecified atom stereocenters. The number of hydrogen-bond acceptors (Lipinski definition) is 5. The van der Waals surface area contributed by atoms with Gasteiger partial charge in [-0.1, -0.05) is 16.2 Å². The molecule has 64 valence electrons. The normalized spacial score (nSPS) is 8.75. The van der Waals surface area contributed by atoms with Gasteiger partial charge in [0, 0.05) is 6.54 Å². The van der Waals surface area contributed by atoms with E-state index < -0.39 is 0 Å². The van der Waals surface area contributed by atoms with Crippen LogP contribution in [0.3, 0.4) is 0 Å². The van der Waals surface area contributed by atoms with Crippen LogP contribution >= 0.6 is 11.3 Å². The van der Waals surface area contributed by atoms with Gasteiger partial charge in [0.2, 0.25) is 10.3 Å². The Balaban J connectivity index is 2.27. The molecule has 0 saturated carbocycles. The summed E-state index contributed by atoms with van der Waals surface area (Å²) in [4.78, 5) is 3.72. The van der Waals surface area contributed by atoms with Crippen LogP contribution in [0.15, 0.2) is 0 Å². The molecule has 1 heterocycles. The van der Waals surface area contributed by atoms with Crippen molar-refractivity contribution in [2.75, 3.05) is 24.6 Å². The lowest BCUT2D eigenvalue weighted by molar-refractivity contribution is 1.04. The third kappa shape index (κ3) is 2.72. The number of rotatable bonds is 3. The number of nitrogens with one attached hydrogen (secondary N) is 1. The molecule has 0 aromatic carbocycles. The van der Waals surface area contributed by atoms with Crippen LogP contribution in [0.5, 0.6) is 0 Å². The van der Waals surface area contributed by atoms with Gasteiger partial charge in [-0.25, -0.2) is 0 Å². The molecular weight excluding hydrogens is 174 g/mol. The molecule has 1 aromatic rings. The third-order valence-electron chi connectivity index (χ3n) is 1.11. The molecule has 1 aromatic heterocycles. The first-order chi connectivity index (χ1) is 5.83. The largest absolute Gasteiger partial charge is 0.374 e. The highest BCUT2D eigenvalue weighted by atomic mass is 32.1.